The summed E-state index contributed by atoms with van der Waals surface area (Å²) < 4.78 is 5.76. The van der Waals surface area contributed by atoms with Crippen LogP contribution in [0.3, 0.4) is 0 Å². The molecule has 2 rings (SSSR count). The largest absolute Gasteiger partial charge is 0.457 e. The third-order valence-electron chi connectivity index (χ3n) is 3.92. The van der Waals surface area contributed by atoms with E-state index in [1.54, 1.807) is 0 Å². The number of ether oxygens (including phenoxy) is 1. The molecule has 3 atom stereocenters. The first-order valence-corrected chi connectivity index (χ1v) is 7.86. The van der Waals surface area contributed by atoms with Crippen LogP contribution >= 0.6 is 12.4 Å². The predicted molar refractivity (Wildman–Crippen MR) is 99.6 cm³/mol. The van der Waals surface area contributed by atoms with Gasteiger partial charge in [-0.25, -0.2) is 0 Å². The number of rotatable bonds is 6. The summed E-state index contributed by atoms with van der Waals surface area (Å²) in [5, 5.41) is 2.99. The molecular formula is C19H25ClN2O2. The van der Waals surface area contributed by atoms with E-state index in [0.29, 0.717) is 0 Å². The molecule has 0 bridgehead atoms. The topological polar surface area (TPSA) is 64.4 Å². The van der Waals surface area contributed by atoms with Crippen LogP contribution in [0.4, 0.5) is 0 Å². The van der Waals surface area contributed by atoms with Gasteiger partial charge >= 0.3 is 0 Å². The molecule has 2 aromatic rings. The van der Waals surface area contributed by atoms with E-state index in [4.69, 9.17) is 10.5 Å². The molecule has 4 nitrogen and oxygen atoms in total. The third kappa shape index (κ3) is 5.55. The zero-order valence-electron chi connectivity index (χ0n) is 14.2. The number of carbonyl (C=O) groups is 1. The fraction of sp³-hybridized carbons (Fsp3) is 0.316. The van der Waals surface area contributed by atoms with Gasteiger partial charge in [-0.1, -0.05) is 37.3 Å². The summed E-state index contributed by atoms with van der Waals surface area (Å²) in [6, 6.07) is 17.1. The van der Waals surface area contributed by atoms with Crippen LogP contribution in [-0.2, 0) is 4.79 Å². The van der Waals surface area contributed by atoms with Crippen LogP contribution < -0.4 is 15.8 Å². The third-order valence-corrected chi connectivity index (χ3v) is 3.92. The van der Waals surface area contributed by atoms with Gasteiger partial charge in [0.05, 0.1) is 6.04 Å². The second kappa shape index (κ2) is 9.30. The maximum atomic E-state index is 12.1. The van der Waals surface area contributed by atoms with Gasteiger partial charge in [-0.3, -0.25) is 4.79 Å². The molecule has 24 heavy (non-hydrogen) atoms. The highest BCUT2D eigenvalue weighted by Gasteiger charge is 2.19. The average Bonchev–Trinajstić information content (AvgIpc) is 2.55. The maximum Gasteiger partial charge on any atom is 0.224 e. The molecule has 0 aliphatic carbocycles. The number of nitrogens with two attached hydrogens (primary N) is 1. The van der Waals surface area contributed by atoms with E-state index in [0.717, 1.165) is 17.1 Å². The number of benzene rings is 2. The van der Waals surface area contributed by atoms with Crippen LogP contribution in [0.5, 0.6) is 11.5 Å². The summed E-state index contributed by atoms with van der Waals surface area (Å²) in [7, 11) is 0. The van der Waals surface area contributed by atoms with Crippen LogP contribution in [0.25, 0.3) is 0 Å². The highest BCUT2D eigenvalue weighted by atomic mass is 35.5. The summed E-state index contributed by atoms with van der Waals surface area (Å²) in [6.07, 6.45) is 0. The second-order valence-electron chi connectivity index (χ2n) is 5.86. The minimum absolute atomic E-state index is 0. The Bertz CT molecular complexity index is 630. The predicted octanol–water partition coefficient (Wildman–Crippen LogP) is 4.06. The van der Waals surface area contributed by atoms with Gasteiger partial charge in [0.15, 0.2) is 0 Å². The minimum atomic E-state index is -0.210. The number of hydrogen-bond acceptors (Lipinski definition) is 3. The Kier molecular flexibility index (Phi) is 7.75. The Labute approximate surface area is 149 Å². The van der Waals surface area contributed by atoms with Crippen molar-refractivity contribution in [1.82, 2.24) is 5.32 Å². The summed E-state index contributed by atoms with van der Waals surface area (Å²) in [4.78, 5) is 12.1. The lowest BCUT2D eigenvalue weighted by atomic mass is 10.0. The summed E-state index contributed by atoms with van der Waals surface area (Å²) >= 11 is 0. The average molecular weight is 349 g/mol. The SMILES string of the molecule is CC(NC(=O)C(C)C(C)N)c1ccc(Oc2ccccc2)cc1.Cl. The van der Waals surface area contributed by atoms with Crippen molar-refractivity contribution in [3.8, 4) is 11.5 Å². The molecule has 0 aliphatic rings. The molecule has 2 aromatic carbocycles. The Balaban J connectivity index is 0.00000288. The zero-order valence-corrected chi connectivity index (χ0v) is 15.0. The van der Waals surface area contributed by atoms with Crippen LogP contribution in [0.2, 0.25) is 0 Å². The number of hydrogen-bond donors (Lipinski definition) is 2. The summed E-state index contributed by atoms with van der Waals surface area (Å²) in [6.45, 7) is 5.63. The van der Waals surface area contributed by atoms with Crippen LogP contribution in [-0.4, -0.2) is 11.9 Å². The number of amides is 1. The second-order valence-corrected chi connectivity index (χ2v) is 5.86. The smallest absolute Gasteiger partial charge is 0.224 e. The summed E-state index contributed by atoms with van der Waals surface area (Å²) in [5.41, 5.74) is 6.79. The molecule has 0 aliphatic heterocycles. The Morgan fingerprint density at radius 1 is 0.958 bits per heavy atom. The first-order valence-electron chi connectivity index (χ1n) is 7.86. The molecule has 0 radical (unpaired) electrons. The first-order chi connectivity index (χ1) is 11.0. The van der Waals surface area contributed by atoms with E-state index < -0.39 is 0 Å². The monoisotopic (exact) mass is 348 g/mol. The lowest BCUT2D eigenvalue weighted by Crippen LogP contribution is -2.39. The highest BCUT2D eigenvalue weighted by molar-refractivity contribution is 5.85. The van der Waals surface area contributed by atoms with Crippen molar-refractivity contribution in [2.45, 2.75) is 32.9 Å². The van der Waals surface area contributed by atoms with Gasteiger partial charge < -0.3 is 15.8 Å². The fourth-order valence-electron chi connectivity index (χ4n) is 2.12. The van der Waals surface area contributed by atoms with E-state index in [1.807, 2.05) is 75.4 Å². The zero-order chi connectivity index (χ0) is 16.8. The van der Waals surface area contributed by atoms with Gasteiger partial charge in [0.25, 0.3) is 0 Å². The van der Waals surface area contributed by atoms with E-state index in [9.17, 15) is 4.79 Å². The first kappa shape index (κ1) is 20.0. The van der Waals surface area contributed by atoms with Crippen molar-refractivity contribution in [1.29, 1.82) is 0 Å². The van der Waals surface area contributed by atoms with Gasteiger partial charge in [-0.2, -0.15) is 0 Å². The normalized spacial score (nSPS) is 14.0. The molecule has 3 N–H and O–H groups in total. The van der Waals surface area contributed by atoms with Gasteiger partial charge in [0.1, 0.15) is 11.5 Å². The highest BCUT2D eigenvalue weighted by Crippen LogP contribution is 2.23. The van der Waals surface area contributed by atoms with Crippen molar-refractivity contribution in [3.63, 3.8) is 0 Å². The Morgan fingerprint density at radius 3 is 2.04 bits per heavy atom. The van der Waals surface area contributed by atoms with E-state index in [2.05, 4.69) is 5.32 Å². The molecule has 0 aromatic heterocycles. The number of nitrogens with one attached hydrogen (secondary N) is 1. The quantitative estimate of drug-likeness (QED) is 0.827. The Morgan fingerprint density at radius 2 is 1.50 bits per heavy atom. The maximum absolute atomic E-state index is 12.1. The van der Waals surface area contributed by atoms with E-state index in [-0.39, 0.29) is 36.3 Å². The summed E-state index contributed by atoms with van der Waals surface area (Å²) in [5.74, 6) is 1.32. The number of para-hydroxylation sites is 1. The van der Waals surface area contributed by atoms with Crippen molar-refractivity contribution < 1.29 is 9.53 Å². The van der Waals surface area contributed by atoms with E-state index in [1.165, 1.54) is 0 Å². The lowest BCUT2D eigenvalue weighted by molar-refractivity contribution is -0.125. The number of halogens is 1. The molecule has 0 heterocycles. The van der Waals surface area contributed by atoms with E-state index >= 15 is 0 Å². The van der Waals surface area contributed by atoms with Crippen molar-refractivity contribution in [2.24, 2.45) is 11.7 Å². The van der Waals surface area contributed by atoms with Gasteiger partial charge in [0, 0.05) is 12.0 Å². The standard InChI is InChI=1S/C19H24N2O2.ClH/c1-13(14(2)20)19(22)21-15(3)16-9-11-18(12-10-16)23-17-7-5-4-6-8-17;/h4-15H,20H2,1-3H3,(H,21,22);1H. The fourth-order valence-corrected chi connectivity index (χ4v) is 2.12. The van der Waals surface area contributed by atoms with Crippen LogP contribution in [0, 0.1) is 5.92 Å². The molecular weight excluding hydrogens is 324 g/mol. The molecule has 0 saturated carbocycles. The molecule has 130 valence electrons. The van der Waals surface area contributed by atoms with Gasteiger partial charge in [0.2, 0.25) is 5.91 Å². The van der Waals surface area contributed by atoms with Crippen molar-refractivity contribution >= 4 is 18.3 Å². The molecule has 1 amide bonds. The molecule has 0 fully saturated rings. The van der Waals surface area contributed by atoms with Crippen LogP contribution in [0.1, 0.15) is 32.4 Å². The van der Waals surface area contributed by atoms with Gasteiger partial charge in [-0.05, 0) is 43.7 Å². The Hall–Kier alpha value is -2.04. The number of carbonyl (C=O) groups excluding carboxylic acids is 1. The van der Waals surface area contributed by atoms with Crippen molar-refractivity contribution in [3.05, 3.63) is 60.2 Å². The minimum Gasteiger partial charge on any atom is -0.457 e. The molecule has 0 saturated heterocycles. The van der Waals surface area contributed by atoms with Crippen molar-refractivity contribution in [2.75, 3.05) is 0 Å². The van der Waals surface area contributed by atoms with Crippen LogP contribution in [0.15, 0.2) is 54.6 Å². The molecule has 3 unspecified atom stereocenters. The lowest BCUT2D eigenvalue weighted by Gasteiger charge is -2.20. The molecule has 5 heteroatoms. The molecule has 0 spiro atoms. The van der Waals surface area contributed by atoms with Gasteiger partial charge in [-0.15, -0.1) is 12.4 Å².